The molecule has 1 rings (SSSR count). The first kappa shape index (κ1) is 9.54. The van der Waals surface area contributed by atoms with Crippen LogP contribution in [-0.2, 0) is 4.84 Å². The summed E-state index contributed by atoms with van der Waals surface area (Å²) in [5, 5.41) is 8.95. The van der Waals surface area contributed by atoms with Crippen molar-refractivity contribution in [2.24, 2.45) is 0 Å². The van der Waals surface area contributed by atoms with Crippen LogP contribution in [0.15, 0.2) is 24.3 Å². The van der Waals surface area contributed by atoms with E-state index in [4.69, 9.17) is 9.94 Å². The number of nitrogens with one attached hydrogen (secondary N) is 1. The molecule has 2 N–H and O–H groups in total. The molecule has 0 aliphatic rings. The van der Waals surface area contributed by atoms with E-state index in [-0.39, 0.29) is 11.7 Å². The number of benzene rings is 1. The number of carbonyl (C=O) groups excluding carboxylic acids is 1. The summed E-state index contributed by atoms with van der Waals surface area (Å²) in [4.78, 5) is 15.9. The van der Waals surface area contributed by atoms with E-state index in [1.807, 2.05) is 0 Å². The Morgan fingerprint density at radius 1 is 1.46 bits per heavy atom. The van der Waals surface area contributed by atoms with E-state index in [0.29, 0.717) is 12.2 Å². The highest BCUT2D eigenvalue weighted by atomic mass is 16.6. The fraction of sp³-hybridized carbons (Fsp3) is 0.222. The maximum absolute atomic E-state index is 11.2. The van der Waals surface area contributed by atoms with Gasteiger partial charge in [-0.25, -0.2) is 5.48 Å². The van der Waals surface area contributed by atoms with E-state index in [1.165, 1.54) is 24.3 Å². The summed E-state index contributed by atoms with van der Waals surface area (Å²) in [5.74, 6) is -0.185. The van der Waals surface area contributed by atoms with Gasteiger partial charge in [0.25, 0.3) is 5.91 Å². The van der Waals surface area contributed by atoms with E-state index in [1.54, 1.807) is 6.92 Å². The second-order valence-corrected chi connectivity index (χ2v) is 2.41. The Morgan fingerprint density at radius 2 is 2.08 bits per heavy atom. The van der Waals surface area contributed by atoms with Crippen molar-refractivity contribution in [3.05, 3.63) is 29.8 Å². The van der Waals surface area contributed by atoms with Crippen molar-refractivity contribution in [1.29, 1.82) is 0 Å². The van der Waals surface area contributed by atoms with Crippen molar-refractivity contribution in [1.82, 2.24) is 5.48 Å². The zero-order valence-corrected chi connectivity index (χ0v) is 7.28. The minimum atomic E-state index is -0.318. The van der Waals surface area contributed by atoms with Crippen LogP contribution in [0.1, 0.15) is 17.3 Å². The number of amides is 1. The molecular formula is C9H11NO3. The highest BCUT2D eigenvalue weighted by Gasteiger charge is 2.03. The first-order valence-corrected chi connectivity index (χ1v) is 3.95. The van der Waals surface area contributed by atoms with Crippen LogP contribution in [0.4, 0.5) is 0 Å². The van der Waals surface area contributed by atoms with Crippen molar-refractivity contribution >= 4 is 5.91 Å². The molecule has 13 heavy (non-hydrogen) atoms. The zero-order chi connectivity index (χ0) is 9.68. The summed E-state index contributed by atoms with van der Waals surface area (Å²) in [6.45, 7) is 2.20. The lowest BCUT2D eigenvalue weighted by molar-refractivity contribution is 0.0364. The van der Waals surface area contributed by atoms with Gasteiger partial charge in [-0.1, -0.05) is 0 Å². The molecule has 0 radical (unpaired) electrons. The third-order valence-corrected chi connectivity index (χ3v) is 1.44. The largest absolute Gasteiger partial charge is 0.508 e. The van der Waals surface area contributed by atoms with E-state index in [9.17, 15) is 4.79 Å². The number of phenolic OH excluding ortho intramolecular Hbond substituents is 1. The Bertz CT molecular complexity index is 281. The van der Waals surface area contributed by atoms with Gasteiger partial charge in [0.15, 0.2) is 0 Å². The molecule has 1 aromatic carbocycles. The van der Waals surface area contributed by atoms with Gasteiger partial charge >= 0.3 is 0 Å². The Labute approximate surface area is 76.1 Å². The van der Waals surface area contributed by atoms with E-state index < -0.39 is 0 Å². The number of phenols is 1. The quantitative estimate of drug-likeness (QED) is 0.686. The van der Waals surface area contributed by atoms with Crippen LogP contribution < -0.4 is 5.48 Å². The number of hydrogen-bond acceptors (Lipinski definition) is 3. The summed E-state index contributed by atoms with van der Waals surface area (Å²) < 4.78 is 0. The highest BCUT2D eigenvalue weighted by Crippen LogP contribution is 2.09. The predicted octanol–water partition coefficient (Wildman–Crippen LogP) is 1.07. The van der Waals surface area contributed by atoms with E-state index >= 15 is 0 Å². The predicted molar refractivity (Wildman–Crippen MR) is 47.2 cm³/mol. The van der Waals surface area contributed by atoms with Gasteiger partial charge in [0.05, 0.1) is 6.61 Å². The molecule has 4 heteroatoms. The SMILES string of the molecule is CCONC(=O)c1ccc(O)cc1. The monoisotopic (exact) mass is 181 g/mol. The molecule has 1 amide bonds. The molecule has 0 saturated heterocycles. The molecule has 4 nitrogen and oxygen atoms in total. The molecule has 70 valence electrons. The van der Waals surface area contributed by atoms with E-state index in [2.05, 4.69) is 5.48 Å². The van der Waals surface area contributed by atoms with Crippen LogP contribution in [0.25, 0.3) is 0 Å². The minimum absolute atomic E-state index is 0.132. The molecule has 0 bridgehead atoms. The third kappa shape index (κ3) is 2.76. The lowest BCUT2D eigenvalue weighted by Crippen LogP contribution is -2.23. The molecule has 0 atom stereocenters. The first-order valence-electron chi connectivity index (χ1n) is 3.95. The average Bonchev–Trinajstić information content (AvgIpc) is 2.15. The van der Waals surface area contributed by atoms with Gasteiger partial charge in [-0.2, -0.15) is 0 Å². The minimum Gasteiger partial charge on any atom is -0.508 e. The molecule has 0 heterocycles. The fourth-order valence-electron chi connectivity index (χ4n) is 0.809. The molecule has 0 aromatic heterocycles. The molecule has 0 spiro atoms. The number of carbonyl (C=O) groups is 1. The summed E-state index contributed by atoms with van der Waals surface area (Å²) in [7, 11) is 0. The van der Waals surface area contributed by atoms with Crippen LogP contribution >= 0.6 is 0 Å². The summed E-state index contributed by atoms with van der Waals surface area (Å²) in [5.41, 5.74) is 2.70. The Hall–Kier alpha value is -1.55. The molecule has 0 aliphatic carbocycles. The highest BCUT2D eigenvalue weighted by molar-refractivity contribution is 5.93. The molecular weight excluding hydrogens is 170 g/mol. The van der Waals surface area contributed by atoms with Gasteiger partial charge in [0, 0.05) is 5.56 Å². The second-order valence-electron chi connectivity index (χ2n) is 2.41. The maximum Gasteiger partial charge on any atom is 0.274 e. The van der Waals surface area contributed by atoms with Crippen molar-refractivity contribution < 1.29 is 14.7 Å². The van der Waals surface area contributed by atoms with Crippen molar-refractivity contribution in [2.75, 3.05) is 6.61 Å². The smallest absolute Gasteiger partial charge is 0.274 e. The lowest BCUT2D eigenvalue weighted by Gasteiger charge is -2.02. The number of aromatic hydroxyl groups is 1. The van der Waals surface area contributed by atoms with Gasteiger partial charge in [0.1, 0.15) is 5.75 Å². The summed E-state index contributed by atoms with van der Waals surface area (Å²) in [6, 6.07) is 5.93. The lowest BCUT2D eigenvalue weighted by atomic mass is 10.2. The van der Waals surface area contributed by atoms with Crippen molar-refractivity contribution in [3.8, 4) is 5.75 Å². The van der Waals surface area contributed by atoms with Crippen LogP contribution in [0.2, 0.25) is 0 Å². The van der Waals surface area contributed by atoms with E-state index in [0.717, 1.165) is 0 Å². The first-order chi connectivity index (χ1) is 6.24. The van der Waals surface area contributed by atoms with Crippen LogP contribution in [-0.4, -0.2) is 17.6 Å². The van der Waals surface area contributed by atoms with Crippen LogP contribution in [0, 0.1) is 0 Å². The average molecular weight is 181 g/mol. The molecule has 0 saturated carbocycles. The van der Waals surface area contributed by atoms with Gasteiger partial charge in [0.2, 0.25) is 0 Å². The fourth-order valence-corrected chi connectivity index (χ4v) is 0.809. The standard InChI is InChI=1S/C9H11NO3/c1-2-13-10-9(12)7-3-5-8(11)6-4-7/h3-6,11H,2H2,1H3,(H,10,12). The van der Waals surface area contributed by atoms with Gasteiger partial charge in [-0.05, 0) is 31.2 Å². The number of hydroxylamine groups is 1. The zero-order valence-electron chi connectivity index (χ0n) is 7.28. The number of rotatable bonds is 3. The molecule has 1 aromatic rings. The van der Waals surface area contributed by atoms with Gasteiger partial charge in [-0.15, -0.1) is 0 Å². The van der Waals surface area contributed by atoms with Crippen LogP contribution in [0.5, 0.6) is 5.75 Å². The summed E-state index contributed by atoms with van der Waals surface area (Å²) in [6.07, 6.45) is 0. The maximum atomic E-state index is 11.2. The normalized spacial score (nSPS) is 9.62. The Kier molecular flexibility index (Phi) is 3.28. The van der Waals surface area contributed by atoms with Crippen molar-refractivity contribution in [3.63, 3.8) is 0 Å². The third-order valence-electron chi connectivity index (χ3n) is 1.44. The Morgan fingerprint density at radius 3 is 2.62 bits per heavy atom. The molecule has 0 unspecified atom stereocenters. The van der Waals surface area contributed by atoms with Gasteiger partial charge in [-0.3, -0.25) is 9.63 Å². The van der Waals surface area contributed by atoms with Gasteiger partial charge < -0.3 is 5.11 Å². The molecule has 0 fully saturated rings. The molecule has 0 aliphatic heterocycles. The summed E-state index contributed by atoms with van der Waals surface area (Å²) >= 11 is 0. The van der Waals surface area contributed by atoms with Crippen LogP contribution in [0.3, 0.4) is 0 Å². The topological polar surface area (TPSA) is 58.6 Å². The van der Waals surface area contributed by atoms with Crippen molar-refractivity contribution in [2.45, 2.75) is 6.92 Å². The second kappa shape index (κ2) is 4.47. The number of hydrogen-bond donors (Lipinski definition) is 2. The Balaban J connectivity index is 2.61.